The van der Waals surface area contributed by atoms with Gasteiger partial charge in [0.25, 0.3) is 0 Å². The Morgan fingerprint density at radius 3 is 2.67 bits per heavy atom. The minimum atomic E-state index is -0.336. The van der Waals surface area contributed by atoms with Crippen molar-refractivity contribution in [3.05, 3.63) is 87.8 Å². The molecule has 0 aliphatic heterocycles. The van der Waals surface area contributed by atoms with E-state index in [4.69, 9.17) is 16.3 Å². The van der Waals surface area contributed by atoms with Crippen LogP contribution in [-0.4, -0.2) is 32.5 Å². The quantitative estimate of drug-likeness (QED) is 0.296. The number of aromatic nitrogens is 3. The Bertz CT molecular complexity index is 1180. The van der Waals surface area contributed by atoms with Crippen LogP contribution in [-0.2, 0) is 17.8 Å². The van der Waals surface area contributed by atoms with E-state index >= 15 is 0 Å². The number of amides is 1. The summed E-state index contributed by atoms with van der Waals surface area (Å²) in [6, 6.07) is 21.2. The molecule has 0 saturated heterocycles. The summed E-state index contributed by atoms with van der Waals surface area (Å²) in [4.78, 5) is 13.9. The zero-order valence-electron chi connectivity index (χ0n) is 18.0. The summed E-state index contributed by atoms with van der Waals surface area (Å²) in [6.45, 7) is 2.66. The first-order valence-electron chi connectivity index (χ1n) is 10.5. The van der Waals surface area contributed by atoms with E-state index in [1.54, 1.807) is 17.4 Å². The maximum atomic E-state index is 12.7. The minimum Gasteiger partial charge on any atom is -0.484 e. The fourth-order valence-electron chi connectivity index (χ4n) is 3.13. The summed E-state index contributed by atoms with van der Waals surface area (Å²) < 4.78 is 7.81. The van der Waals surface area contributed by atoms with Gasteiger partial charge in [0.05, 0.1) is 10.3 Å². The van der Waals surface area contributed by atoms with Crippen molar-refractivity contribution in [2.24, 2.45) is 0 Å². The van der Waals surface area contributed by atoms with Crippen molar-refractivity contribution in [1.29, 1.82) is 0 Å². The van der Waals surface area contributed by atoms with Crippen molar-refractivity contribution < 1.29 is 9.53 Å². The molecule has 0 saturated carbocycles. The Morgan fingerprint density at radius 2 is 1.91 bits per heavy atom. The van der Waals surface area contributed by atoms with Crippen LogP contribution in [0.2, 0.25) is 5.02 Å². The van der Waals surface area contributed by atoms with Crippen LogP contribution in [0.4, 0.5) is 0 Å². The first-order chi connectivity index (χ1) is 16.1. The highest BCUT2D eigenvalue weighted by molar-refractivity contribution is 8.00. The highest BCUT2D eigenvalue weighted by Gasteiger charge is 2.21. The smallest absolute Gasteiger partial charge is 0.233 e. The zero-order valence-corrected chi connectivity index (χ0v) is 20.4. The van der Waals surface area contributed by atoms with E-state index in [1.807, 2.05) is 71.5 Å². The molecule has 0 radical (unpaired) electrons. The normalized spacial score (nSPS) is 11.8. The van der Waals surface area contributed by atoms with E-state index in [0.717, 1.165) is 12.1 Å². The maximum Gasteiger partial charge on any atom is 0.233 e. The standard InChI is InChI=1S/C24H23ClN4O2S2/c1-17(23(30)26-14-13-19-10-7-15-32-19)33-24-28-27-22(29(24)18-8-3-2-4-9-18)16-31-21-12-6-5-11-20(21)25/h2-12,15,17H,13-14,16H2,1H3,(H,26,30). The lowest BCUT2D eigenvalue weighted by molar-refractivity contribution is -0.120. The SMILES string of the molecule is CC(Sc1nnc(COc2ccccc2Cl)n1-c1ccccc1)C(=O)NCCc1cccs1. The second-order valence-electron chi connectivity index (χ2n) is 7.17. The number of thioether (sulfide) groups is 1. The molecule has 170 valence electrons. The largest absolute Gasteiger partial charge is 0.484 e. The molecule has 2 heterocycles. The summed E-state index contributed by atoms with van der Waals surface area (Å²) in [5.41, 5.74) is 0.896. The number of para-hydroxylation sites is 2. The average Bonchev–Trinajstić information content (AvgIpc) is 3.49. The maximum absolute atomic E-state index is 12.7. The monoisotopic (exact) mass is 498 g/mol. The summed E-state index contributed by atoms with van der Waals surface area (Å²) in [5, 5.41) is 14.6. The van der Waals surface area contributed by atoms with Gasteiger partial charge in [0.15, 0.2) is 11.0 Å². The molecule has 4 aromatic rings. The molecular weight excluding hydrogens is 476 g/mol. The predicted molar refractivity (Wildman–Crippen MR) is 133 cm³/mol. The molecule has 1 unspecified atom stereocenters. The second kappa shape index (κ2) is 11.4. The molecule has 0 spiro atoms. The molecule has 6 nitrogen and oxygen atoms in total. The summed E-state index contributed by atoms with van der Waals surface area (Å²) >= 11 is 9.27. The van der Waals surface area contributed by atoms with Crippen molar-refractivity contribution in [1.82, 2.24) is 20.1 Å². The Labute approximate surface area is 206 Å². The van der Waals surface area contributed by atoms with Crippen LogP contribution in [0, 0.1) is 0 Å². The molecule has 2 aromatic heterocycles. The number of nitrogens with zero attached hydrogens (tertiary/aromatic N) is 3. The molecule has 1 atom stereocenters. The molecule has 33 heavy (non-hydrogen) atoms. The Hall–Kier alpha value is -2.81. The number of ether oxygens (including phenoxy) is 1. The summed E-state index contributed by atoms with van der Waals surface area (Å²) in [7, 11) is 0. The van der Waals surface area contributed by atoms with Gasteiger partial charge in [-0.3, -0.25) is 9.36 Å². The van der Waals surface area contributed by atoms with Gasteiger partial charge in [-0.05, 0) is 49.1 Å². The van der Waals surface area contributed by atoms with Crippen molar-refractivity contribution in [2.75, 3.05) is 6.54 Å². The first-order valence-corrected chi connectivity index (χ1v) is 12.6. The number of benzene rings is 2. The van der Waals surface area contributed by atoms with Gasteiger partial charge >= 0.3 is 0 Å². The molecule has 0 bridgehead atoms. The van der Waals surface area contributed by atoms with Crippen molar-refractivity contribution in [3.63, 3.8) is 0 Å². The number of thiophene rings is 1. The second-order valence-corrected chi connectivity index (χ2v) is 9.92. The molecule has 9 heteroatoms. The molecule has 1 amide bonds. The van der Waals surface area contributed by atoms with Gasteiger partial charge in [0, 0.05) is 17.1 Å². The van der Waals surface area contributed by atoms with Crippen LogP contribution in [0.5, 0.6) is 5.75 Å². The van der Waals surface area contributed by atoms with Gasteiger partial charge in [-0.15, -0.1) is 21.5 Å². The summed E-state index contributed by atoms with van der Waals surface area (Å²) in [6.07, 6.45) is 0.824. The number of halogens is 1. The highest BCUT2D eigenvalue weighted by atomic mass is 35.5. The number of hydrogen-bond donors (Lipinski definition) is 1. The Kier molecular flexibility index (Phi) is 8.04. The van der Waals surface area contributed by atoms with Gasteiger partial charge < -0.3 is 10.1 Å². The fourth-order valence-corrected chi connectivity index (χ4v) is 4.94. The van der Waals surface area contributed by atoms with Crippen molar-refractivity contribution >= 4 is 40.6 Å². The minimum absolute atomic E-state index is 0.0342. The molecule has 4 rings (SSSR count). The van der Waals surface area contributed by atoms with E-state index < -0.39 is 0 Å². The molecule has 2 aromatic carbocycles. The lowest BCUT2D eigenvalue weighted by Gasteiger charge is -2.14. The third kappa shape index (κ3) is 6.16. The third-order valence-electron chi connectivity index (χ3n) is 4.81. The van der Waals surface area contributed by atoms with Crippen LogP contribution >= 0.6 is 34.7 Å². The number of hydrogen-bond acceptors (Lipinski definition) is 6. The predicted octanol–water partition coefficient (Wildman–Crippen LogP) is 5.40. The van der Waals surface area contributed by atoms with Crippen LogP contribution in [0.25, 0.3) is 5.69 Å². The van der Waals surface area contributed by atoms with E-state index in [0.29, 0.717) is 28.3 Å². The van der Waals surface area contributed by atoms with Gasteiger partial charge in [-0.25, -0.2) is 0 Å². The van der Waals surface area contributed by atoms with Gasteiger partial charge in [-0.2, -0.15) is 0 Å². The highest BCUT2D eigenvalue weighted by Crippen LogP contribution is 2.28. The summed E-state index contributed by atoms with van der Waals surface area (Å²) in [5.74, 6) is 1.16. The van der Waals surface area contributed by atoms with Crippen molar-refractivity contribution in [3.8, 4) is 11.4 Å². The molecule has 0 aliphatic carbocycles. The van der Waals surface area contributed by atoms with E-state index in [-0.39, 0.29) is 17.8 Å². The molecule has 0 fully saturated rings. The average molecular weight is 499 g/mol. The van der Waals surface area contributed by atoms with Crippen LogP contribution in [0.3, 0.4) is 0 Å². The van der Waals surface area contributed by atoms with Crippen molar-refractivity contribution in [2.45, 2.75) is 30.4 Å². The van der Waals surface area contributed by atoms with E-state index in [9.17, 15) is 4.79 Å². The van der Waals surface area contributed by atoms with Crippen LogP contribution < -0.4 is 10.1 Å². The zero-order chi connectivity index (χ0) is 23.0. The number of carbonyl (C=O) groups excluding carboxylic acids is 1. The third-order valence-corrected chi connectivity index (χ3v) is 7.10. The van der Waals surface area contributed by atoms with E-state index in [2.05, 4.69) is 21.6 Å². The number of nitrogens with one attached hydrogen (secondary N) is 1. The number of rotatable bonds is 10. The van der Waals surface area contributed by atoms with Crippen LogP contribution in [0.1, 0.15) is 17.6 Å². The molecular formula is C24H23ClN4O2S2. The van der Waals surface area contributed by atoms with Crippen LogP contribution in [0.15, 0.2) is 77.3 Å². The molecule has 1 N–H and O–H groups in total. The lowest BCUT2D eigenvalue weighted by atomic mass is 10.3. The van der Waals surface area contributed by atoms with Gasteiger partial charge in [0.2, 0.25) is 5.91 Å². The Morgan fingerprint density at radius 1 is 1.12 bits per heavy atom. The first kappa shape index (κ1) is 23.4. The molecule has 0 aliphatic rings. The van der Waals surface area contributed by atoms with E-state index in [1.165, 1.54) is 16.6 Å². The Balaban J connectivity index is 1.46. The van der Waals surface area contributed by atoms with Gasteiger partial charge in [-0.1, -0.05) is 59.8 Å². The fraction of sp³-hybridized carbons (Fsp3) is 0.208. The lowest BCUT2D eigenvalue weighted by Crippen LogP contribution is -2.32. The number of carbonyl (C=O) groups is 1. The topological polar surface area (TPSA) is 69.0 Å². The van der Waals surface area contributed by atoms with Gasteiger partial charge in [0.1, 0.15) is 12.4 Å².